The number of imidazole rings is 1. The van der Waals surface area contributed by atoms with Crippen LogP contribution in [0.3, 0.4) is 0 Å². The zero-order chi connectivity index (χ0) is 17.4. The summed E-state index contributed by atoms with van der Waals surface area (Å²) in [5.74, 6) is 1.74. The summed E-state index contributed by atoms with van der Waals surface area (Å²) < 4.78 is 13.2. The molecular formula is C20H20N2O3. The molecule has 1 atom stereocenters. The summed E-state index contributed by atoms with van der Waals surface area (Å²) in [5.41, 5.74) is 3.15. The van der Waals surface area contributed by atoms with Crippen LogP contribution in [0.4, 0.5) is 0 Å². The lowest BCUT2D eigenvalue weighted by Crippen LogP contribution is -2.12. The molecule has 1 aliphatic rings. The van der Waals surface area contributed by atoms with Gasteiger partial charge in [0, 0.05) is 24.1 Å². The van der Waals surface area contributed by atoms with E-state index in [9.17, 15) is 4.79 Å². The van der Waals surface area contributed by atoms with E-state index >= 15 is 0 Å². The van der Waals surface area contributed by atoms with E-state index in [4.69, 9.17) is 9.47 Å². The second-order valence-electron chi connectivity index (χ2n) is 6.22. The fraction of sp³-hybridized carbons (Fsp3) is 0.300. The molecule has 0 amide bonds. The van der Waals surface area contributed by atoms with Crippen LogP contribution in [0.1, 0.15) is 41.0 Å². The van der Waals surface area contributed by atoms with Crippen LogP contribution in [0.15, 0.2) is 42.6 Å². The molecule has 0 unspecified atom stereocenters. The number of ketones is 1. The van der Waals surface area contributed by atoms with Gasteiger partial charge in [-0.25, -0.2) is 4.98 Å². The highest BCUT2D eigenvalue weighted by Gasteiger charge is 2.28. The van der Waals surface area contributed by atoms with Gasteiger partial charge in [-0.05, 0) is 32.0 Å². The Balaban J connectivity index is 1.67. The number of para-hydroxylation sites is 1. The molecule has 0 fully saturated rings. The van der Waals surface area contributed by atoms with Gasteiger partial charge in [0.05, 0.1) is 18.9 Å². The van der Waals surface area contributed by atoms with Crippen molar-refractivity contribution in [2.24, 2.45) is 0 Å². The van der Waals surface area contributed by atoms with Crippen LogP contribution in [-0.4, -0.2) is 28.4 Å². The minimum Gasteiger partial charge on any atom is -0.493 e. The summed E-state index contributed by atoms with van der Waals surface area (Å²) in [6, 6.07) is 11.7. The predicted octanol–water partition coefficient (Wildman–Crippen LogP) is 3.79. The molecule has 0 bridgehead atoms. The van der Waals surface area contributed by atoms with E-state index in [1.165, 1.54) is 0 Å². The minimum absolute atomic E-state index is 0.0731. The molecule has 3 aromatic rings. The molecule has 128 valence electrons. The van der Waals surface area contributed by atoms with Crippen molar-refractivity contribution in [3.05, 3.63) is 59.5 Å². The number of carbonyl (C=O) groups excluding carboxylic acids is 1. The van der Waals surface area contributed by atoms with Crippen molar-refractivity contribution in [2.45, 2.75) is 26.2 Å². The van der Waals surface area contributed by atoms with Crippen LogP contribution in [-0.2, 0) is 0 Å². The molecule has 0 spiro atoms. The Bertz CT molecular complexity index is 945. The van der Waals surface area contributed by atoms with Crippen LogP contribution < -0.4 is 9.47 Å². The van der Waals surface area contributed by atoms with Crippen molar-refractivity contribution in [2.75, 3.05) is 13.2 Å². The van der Waals surface area contributed by atoms with Crippen molar-refractivity contribution < 1.29 is 14.3 Å². The second-order valence-corrected chi connectivity index (χ2v) is 6.22. The lowest BCUT2D eigenvalue weighted by Gasteiger charge is -2.09. The molecule has 0 N–H and O–H groups in total. The van der Waals surface area contributed by atoms with Crippen LogP contribution >= 0.6 is 0 Å². The van der Waals surface area contributed by atoms with E-state index in [-0.39, 0.29) is 11.7 Å². The monoisotopic (exact) mass is 336 g/mol. The Morgan fingerprint density at radius 2 is 2.16 bits per heavy atom. The van der Waals surface area contributed by atoms with Gasteiger partial charge < -0.3 is 9.47 Å². The average molecular weight is 336 g/mol. The number of carbonyl (C=O) groups is 1. The first-order chi connectivity index (χ1) is 12.2. The van der Waals surface area contributed by atoms with E-state index < -0.39 is 0 Å². The first kappa shape index (κ1) is 15.7. The second kappa shape index (κ2) is 6.24. The Labute approximate surface area is 146 Å². The molecule has 0 radical (unpaired) electrons. The van der Waals surface area contributed by atoms with E-state index in [1.807, 2.05) is 60.8 Å². The number of fused-ring (bicyclic) bond motifs is 2. The maximum atomic E-state index is 13.0. The summed E-state index contributed by atoms with van der Waals surface area (Å²) in [5, 5.41) is 0. The molecule has 5 heteroatoms. The zero-order valence-corrected chi connectivity index (χ0v) is 14.4. The minimum atomic E-state index is 0.0731. The highest BCUT2D eigenvalue weighted by Crippen LogP contribution is 2.36. The van der Waals surface area contributed by atoms with Crippen molar-refractivity contribution in [3.63, 3.8) is 0 Å². The highest BCUT2D eigenvalue weighted by molar-refractivity contribution is 5.97. The van der Waals surface area contributed by atoms with E-state index in [1.54, 1.807) is 0 Å². The van der Waals surface area contributed by atoms with E-state index in [2.05, 4.69) is 4.98 Å². The third-order valence-corrected chi connectivity index (χ3v) is 4.58. The number of ether oxygens (including phenoxy) is 2. The lowest BCUT2D eigenvalue weighted by molar-refractivity contribution is 0.0963. The van der Waals surface area contributed by atoms with Gasteiger partial charge in [-0.3, -0.25) is 9.20 Å². The summed E-state index contributed by atoms with van der Waals surface area (Å²) >= 11 is 0. The molecule has 2 aromatic heterocycles. The fourth-order valence-electron chi connectivity index (χ4n) is 3.48. The van der Waals surface area contributed by atoms with Crippen molar-refractivity contribution in [1.29, 1.82) is 0 Å². The van der Waals surface area contributed by atoms with Gasteiger partial charge >= 0.3 is 0 Å². The zero-order valence-electron chi connectivity index (χ0n) is 14.4. The van der Waals surface area contributed by atoms with Gasteiger partial charge in [-0.15, -0.1) is 0 Å². The molecule has 0 aliphatic carbocycles. The van der Waals surface area contributed by atoms with Gasteiger partial charge in [0.25, 0.3) is 0 Å². The van der Waals surface area contributed by atoms with Gasteiger partial charge in [-0.1, -0.05) is 18.2 Å². The Morgan fingerprint density at radius 1 is 1.32 bits per heavy atom. The molecule has 1 aromatic carbocycles. The summed E-state index contributed by atoms with van der Waals surface area (Å²) in [7, 11) is 0. The fourth-order valence-corrected chi connectivity index (χ4v) is 3.48. The molecule has 0 saturated carbocycles. The topological polar surface area (TPSA) is 52.8 Å². The van der Waals surface area contributed by atoms with E-state index in [0.29, 0.717) is 36.7 Å². The van der Waals surface area contributed by atoms with Crippen LogP contribution in [0, 0.1) is 6.92 Å². The number of aryl methyl sites for hydroxylation is 1. The molecule has 4 rings (SSSR count). The highest BCUT2D eigenvalue weighted by atomic mass is 16.5. The van der Waals surface area contributed by atoms with Crippen LogP contribution in [0.5, 0.6) is 11.5 Å². The van der Waals surface area contributed by atoms with Gasteiger partial charge in [0.15, 0.2) is 17.2 Å². The van der Waals surface area contributed by atoms with Gasteiger partial charge in [0.2, 0.25) is 0 Å². The van der Waals surface area contributed by atoms with E-state index in [0.717, 1.165) is 17.0 Å². The Morgan fingerprint density at radius 3 is 3.00 bits per heavy atom. The Kier molecular flexibility index (Phi) is 3.92. The molecular weight excluding hydrogens is 316 g/mol. The predicted molar refractivity (Wildman–Crippen MR) is 94.7 cm³/mol. The number of rotatable bonds is 5. The van der Waals surface area contributed by atoms with Crippen LogP contribution in [0.2, 0.25) is 0 Å². The van der Waals surface area contributed by atoms with Crippen molar-refractivity contribution >= 4 is 11.4 Å². The molecule has 5 nitrogen and oxygen atoms in total. The maximum absolute atomic E-state index is 13.0. The number of Topliss-reactive ketones (excluding diaryl/α,β-unsaturated/α-hetero) is 1. The smallest absolute Gasteiger partial charge is 0.182 e. The summed E-state index contributed by atoms with van der Waals surface area (Å²) in [6.45, 7) is 4.91. The first-order valence-corrected chi connectivity index (χ1v) is 8.54. The standard InChI is InChI=1S/C20H20N2O3/c1-3-24-18-9-6-10-22-19(13(2)21-20(18)22)16(23)11-14-12-25-17-8-5-4-7-15(14)17/h4-10,14H,3,11-12H2,1-2H3/t14-/m0/s1. The number of benzene rings is 1. The van der Waals surface area contributed by atoms with Crippen molar-refractivity contribution in [1.82, 2.24) is 9.38 Å². The number of pyridine rings is 1. The third kappa shape index (κ3) is 2.65. The third-order valence-electron chi connectivity index (χ3n) is 4.58. The number of hydrogen-bond donors (Lipinski definition) is 0. The number of hydrogen-bond acceptors (Lipinski definition) is 4. The summed E-state index contributed by atoms with van der Waals surface area (Å²) in [4.78, 5) is 17.6. The first-order valence-electron chi connectivity index (χ1n) is 8.54. The lowest BCUT2D eigenvalue weighted by atomic mass is 9.94. The summed E-state index contributed by atoms with van der Waals surface area (Å²) in [6.07, 6.45) is 2.27. The molecule has 0 saturated heterocycles. The normalized spacial score (nSPS) is 15.8. The largest absolute Gasteiger partial charge is 0.493 e. The Hall–Kier alpha value is -2.82. The number of nitrogens with zero attached hydrogens (tertiary/aromatic N) is 2. The SMILES string of the molecule is CCOc1cccn2c(C(=O)C[C@H]3COc4ccccc43)c(C)nc12. The van der Waals surface area contributed by atoms with Crippen molar-refractivity contribution in [3.8, 4) is 11.5 Å². The quantitative estimate of drug-likeness (QED) is 0.665. The van der Waals surface area contributed by atoms with Crippen LogP contribution in [0.25, 0.3) is 5.65 Å². The van der Waals surface area contributed by atoms with Gasteiger partial charge in [0.1, 0.15) is 11.4 Å². The van der Waals surface area contributed by atoms with Gasteiger partial charge in [-0.2, -0.15) is 0 Å². The molecule has 1 aliphatic heterocycles. The average Bonchev–Trinajstić information content (AvgIpc) is 3.16. The molecule has 3 heterocycles. The number of aromatic nitrogens is 2. The maximum Gasteiger partial charge on any atom is 0.182 e. The molecule has 25 heavy (non-hydrogen) atoms.